The van der Waals surface area contributed by atoms with E-state index in [1.165, 1.54) is 13.0 Å². The number of carbonyl (C=O) groups excluding carboxylic acids is 3. The fourth-order valence-corrected chi connectivity index (χ4v) is 2.45. The van der Waals surface area contributed by atoms with Crippen LogP contribution in [-0.2, 0) is 23.9 Å². The van der Waals surface area contributed by atoms with Crippen LogP contribution in [0.1, 0.15) is 25.5 Å². The fourth-order valence-electron chi connectivity index (χ4n) is 2.45. The minimum atomic E-state index is -0.181. The molecule has 6 heteroatoms. The van der Waals surface area contributed by atoms with Crippen LogP contribution in [0.4, 0.5) is 0 Å². The molecule has 0 aromatic heterocycles. The molecule has 2 atom stereocenters. The van der Waals surface area contributed by atoms with Gasteiger partial charge in [0.1, 0.15) is 18.5 Å². The molecule has 0 spiro atoms. The number of aldehydes is 1. The van der Waals surface area contributed by atoms with Crippen molar-refractivity contribution in [1.29, 1.82) is 0 Å². The van der Waals surface area contributed by atoms with E-state index in [9.17, 15) is 14.4 Å². The topological polar surface area (TPSA) is 106 Å². The van der Waals surface area contributed by atoms with Gasteiger partial charge >= 0.3 is 0 Å². The van der Waals surface area contributed by atoms with Crippen LogP contribution in [0.2, 0.25) is 0 Å². The number of epoxide rings is 2. The highest BCUT2D eigenvalue weighted by atomic mass is 16.6. The van der Waals surface area contributed by atoms with Crippen molar-refractivity contribution >= 4 is 30.0 Å². The zero-order chi connectivity index (χ0) is 25.1. The number of carbonyl (C=O) groups is 3. The van der Waals surface area contributed by atoms with Crippen molar-refractivity contribution in [2.24, 2.45) is 0 Å². The van der Waals surface area contributed by atoms with Crippen LogP contribution in [0, 0.1) is 0 Å². The van der Waals surface area contributed by atoms with Crippen LogP contribution in [0.5, 0.6) is 0 Å². The average molecular weight is 504 g/mol. The Bertz CT molecular complexity index is 1060. The Kier molecular flexibility index (Phi) is 18.1. The molecule has 0 aliphatic carbocycles. The Hall–Kier alpha value is -3.97. The summed E-state index contributed by atoms with van der Waals surface area (Å²) in [6.07, 6.45) is 18.4. The van der Waals surface area contributed by atoms with Crippen molar-refractivity contribution in [3.63, 3.8) is 0 Å². The molecule has 2 aromatic rings. The van der Waals surface area contributed by atoms with Crippen LogP contribution in [-0.4, -0.2) is 48.8 Å². The SMILES string of the molecule is C.CC(=O)C1CO1.O=C(/C=C/C=C/C=C/c1ccccc1)C1CO1.O=C/C=C/C=C/c1ccccc1.[OH-]. The standard InChI is InChI=1S/C15H14O2.C11H10O.C4H6O2.CH4.H2O/c16-14(15-12-17-15)11-7-2-1-4-8-13-9-5-3-6-10-13;12-10-6-2-5-9-11-7-3-1-4-8-11;1-3(5)4-2-6-4;;/h1-11,15H,12H2;1-10H;4H,2H2,1H3;1H4;1H2/p-1/b2-1+,8-4+,11-7+;6-2+,9-5+;;;. The van der Waals surface area contributed by atoms with Gasteiger partial charge in [0.15, 0.2) is 11.6 Å². The molecule has 37 heavy (non-hydrogen) atoms. The average Bonchev–Trinajstić information content (AvgIpc) is 3.79. The first-order valence-corrected chi connectivity index (χ1v) is 11.3. The van der Waals surface area contributed by atoms with Gasteiger partial charge in [-0.05, 0) is 30.2 Å². The molecule has 2 aliphatic heterocycles. The lowest BCUT2D eigenvalue weighted by Gasteiger charge is -1.88. The van der Waals surface area contributed by atoms with Gasteiger partial charge in [0, 0.05) is 0 Å². The number of ether oxygens (including phenoxy) is 2. The smallest absolute Gasteiger partial charge is 0.186 e. The number of hydrogen-bond acceptors (Lipinski definition) is 6. The molecule has 2 aromatic carbocycles. The third-order valence-corrected chi connectivity index (χ3v) is 4.51. The summed E-state index contributed by atoms with van der Waals surface area (Å²) >= 11 is 0. The van der Waals surface area contributed by atoms with Crippen molar-refractivity contribution in [2.75, 3.05) is 13.2 Å². The zero-order valence-electron chi connectivity index (χ0n) is 20.2. The second-order valence-electron chi connectivity index (χ2n) is 7.46. The first-order chi connectivity index (χ1) is 17.1. The number of hydrogen-bond donors (Lipinski definition) is 0. The number of ketones is 2. The molecule has 1 N–H and O–H groups in total. The van der Waals surface area contributed by atoms with E-state index in [0.717, 1.165) is 17.4 Å². The summed E-state index contributed by atoms with van der Waals surface area (Å²) in [6, 6.07) is 20.0. The van der Waals surface area contributed by atoms with E-state index in [-0.39, 0.29) is 36.7 Å². The molecular formula is C31H35O6-. The second-order valence-corrected chi connectivity index (χ2v) is 7.46. The molecular weight excluding hydrogens is 468 g/mol. The van der Waals surface area contributed by atoms with E-state index in [1.54, 1.807) is 18.2 Å². The second kappa shape index (κ2) is 20.2. The molecule has 0 saturated carbocycles. The van der Waals surface area contributed by atoms with Gasteiger partial charge in [0.2, 0.25) is 0 Å². The molecule has 6 nitrogen and oxygen atoms in total. The van der Waals surface area contributed by atoms with Gasteiger partial charge in [-0.2, -0.15) is 0 Å². The zero-order valence-corrected chi connectivity index (χ0v) is 20.2. The Morgan fingerprint density at radius 1 is 0.703 bits per heavy atom. The van der Waals surface area contributed by atoms with E-state index in [1.807, 2.05) is 97.1 Å². The van der Waals surface area contributed by atoms with E-state index in [4.69, 9.17) is 4.74 Å². The van der Waals surface area contributed by atoms with Crippen molar-refractivity contribution in [3.05, 3.63) is 120 Å². The van der Waals surface area contributed by atoms with Crippen molar-refractivity contribution in [3.8, 4) is 0 Å². The maximum absolute atomic E-state index is 11.2. The quantitative estimate of drug-likeness (QED) is 0.189. The highest BCUT2D eigenvalue weighted by Gasteiger charge is 2.28. The number of allylic oxidation sites excluding steroid dienone is 7. The Labute approximate surface area is 219 Å². The summed E-state index contributed by atoms with van der Waals surface area (Å²) in [4.78, 5) is 31.2. The van der Waals surface area contributed by atoms with Crippen LogP contribution < -0.4 is 0 Å². The van der Waals surface area contributed by atoms with E-state index >= 15 is 0 Å². The molecule has 196 valence electrons. The van der Waals surface area contributed by atoms with Crippen molar-refractivity contribution in [1.82, 2.24) is 0 Å². The minimum Gasteiger partial charge on any atom is -0.870 e. The predicted molar refractivity (Wildman–Crippen MR) is 148 cm³/mol. The van der Waals surface area contributed by atoms with Crippen LogP contribution in [0.3, 0.4) is 0 Å². The van der Waals surface area contributed by atoms with Crippen molar-refractivity contribution < 1.29 is 29.3 Å². The van der Waals surface area contributed by atoms with Crippen molar-refractivity contribution in [2.45, 2.75) is 26.6 Å². The highest BCUT2D eigenvalue weighted by Crippen LogP contribution is 2.10. The monoisotopic (exact) mass is 503 g/mol. The summed E-state index contributed by atoms with van der Waals surface area (Å²) in [5.41, 5.74) is 2.29. The third-order valence-electron chi connectivity index (χ3n) is 4.51. The van der Waals surface area contributed by atoms with Gasteiger partial charge in [0.25, 0.3) is 0 Å². The maximum Gasteiger partial charge on any atom is 0.186 e. The lowest BCUT2D eigenvalue weighted by molar-refractivity contribution is -0.118. The molecule has 2 saturated heterocycles. The normalized spacial score (nSPS) is 17.3. The lowest BCUT2D eigenvalue weighted by Crippen LogP contribution is -2.00. The summed E-state index contributed by atoms with van der Waals surface area (Å²) < 4.78 is 9.49. The van der Waals surface area contributed by atoms with Gasteiger partial charge < -0.3 is 14.9 Å². The summed E-state index contributed by atoms with van der Waals surface area (Å²) in [6.45, 7) is 2.76. The van der Waals surface area contributed by atoms with Gasteiger partial charge in [0.05, 0.1) is 13.2 Å². The largest absolute Gasteiger partial charge is 0.870 e. The van der Waals surface area contributed by atoms with E-state index < -0.39 is 0 Å². The van der Waals surface area contributed by atoms with E-state index in [2.05, 4.69) is 4.74 Å². The molecule has 2 unspecified atom stereocenters. The number of rotatable bonds is 9. The molecule has 0 radical (unpaired) electrons. The fraction of sp³-hybridized carbons (Fsp3) is 0.194. The molecule has 0 bridgehead atoms. The van der Waals surface area contributed by atoms with Crippen LogP contribution in [0.25, 0.3) is 12.2 Å². The van der Waals surface area contributed by atoms with Gasteiger partial charge in [-0.1, -0.05) is 117 Å². The van der Waals surface area contributed by atoms with Gasteiger partial charge in [-0.25, -0.2) is 0 Å². The van der Waals surface area contributed by atoms with Gasteiger partial charge in [-0.3, -0.25) is 14.4 Å². The molecule has 2 aliphatic rings. The van der Waals surface area contributed by atoms with E-state index in [0.29, 0.717) is 13.2 Å². The third kappa shape index (κ3) is 17.2. The number of Topliss-reactive ketones (excluding diaryl/α,β-unsaturated/α-hetero) is 1. The lowest BCUT2D eigenvalue weighted by atomic mass is 10.2. The van der Waals surface area contributed by atoms with Crippen LogP contribution in [0.15, 0.2) is 109 Å². The highest BCUT2D eigenvalue weighted by molar-refractivity contribution is 5.95. The Balaban J connectivity index is 0.000000566. The minimum absolute atomic E-state index is 0. The summed E-state index contributed by atoms with van der Waals surface area (Å²) in [5.74, 6) is 0.191. The number of benzene rings is 2. The Morgan fingerprint density at radius 2 is 1.14 bits per heavy atom. The Morgan fingerprint density at radius 3 is 1.51 bits per heavy atom. The predicted octanol–water partition coefficient (Wildman–Crippen LogP) is 5.67. The first kappa shape index (κ1) is 33.0. The summed E-state index contributed by atoms with van der Waals surface area (Å²) in [7, 11) is 0. The molecule has 2 heterocycles. The van der Waals surface area contributed by atoms with Crippen LogP contribution >= 0.6 is 0 Å². The van der Waals surface area contributed by atoms with Gasteiger partial charge in [-0.15, -0.1) is 0 Å². The summed E-state index contributed by atoms with van der Waals surface area (Å²) in [5, 5.41) is 0. The molecule has 4 rings (SSSR count). The maximum atomic E-state index is 11.2. The first-order valence-electron chi connectivity index (χ1n) is 11.3. The molecule has 2 fully saturated rings. The molecule has 0 amide bonds.